The van der Waals surface area contributed by atoms with Gasteiger partial charge in [-0.15, -0.1) is 11.3 Å². The molecule has 0 amide bonds. The van der Waals surface area contributed by atoms with E-state index in [4.69, 9.17) is 5.73 Å². The minimum absolute atomic E-state index is 0.546. The summed E-state index contributed by atoms with van der Waals surface area (Å²) in [6.07, 6.45) is 1.69. The van der Waals surface area contributed by atoms with E-state index in [-0.39, 0.29) is 0 Å². The summed E-state index contributed by atoms with van der Waals surface area (Å²) in [5, 5.41) is 9.50. The molecule has 0 saturated heterocycles. The Kier molecular flexibility index (Phi) is 2.89. The van der Waals surface area contributed by atoms with Gasteiger partial charge in [-0.1, -0.05) is 28.1 Å². The summed E-state index contributed by atoms with van der Waals surface area (Å²) in [6, 6.07) is 8.05. The van der Waals surface area contributed by atoms with Crippen LogP contribution in [0.2, 0.25) is 0 Å². The Morgan fingerprint density at radius 1 is 1.33 bits per heavy atom. The minimum atomic E-state index is 0.546. The zero-order valence-electron chi connectivity index (χ0n) is 9.22. The van der Waals surface area contributed by atoms with Crippen LogP contribution in [0, 0.1) is 0 Å². The largest absolute Gasteiger partial charge is 0.383 e. The third kappa shape index (κ3) is 2.04. The highest BCUT2D eigenvalue weighted by atomic mass is 79.9. The quantitative estimate of drug-likeness (QED) is 0.758. The van der Waals surface area contributed by atoms with Gasteiger partial charge >= 0.3 is 0 Å². The van der Waals surface area contributed by atoms with Crippen molar-refractivity contribution in [2.75, 3.05) is 5.73 Å². The van der Waals surface area contributed by atoms with Crippen LogP contribution in [0.3, 0.4) is 0 Å². The van der Waals surface area contributed by atoms with Crippen LogP contribution in [0.15, 0.2) is 40.3 Å². The van der Waals surface area contributed by atoms with E-state index in [1.165, 1.54) is 0 Å². The van der Waals surface area contributed by atoms with Gasteiger partial charge in [0, 0.05) is 15.4 Å². The number of nitrogens with zero attached hydrogens (tertiary/aromatic N) is 2. The molecule has 0 saturated carbocycles. The van der Waals surface area contributed by atoms with Gasteiger partial charge in [-0.3, -0.25) is 5.10 Å². The van der Waals surface area contributed by atoms with Crippen molar-refractivity contribution in [3.8, 4) is 21.8 Å². The van der Waals surface area contributed by atoms with Crippen molar-refractivity contribution >= 4 is 33.1 Å². The Labute approximate surface area is 116 Å². The molecule has 3 aromatic rings. The maximum absolute atomic E-state index is 5.79. The number of H-pyrrole nitrogens is 1. The molecule has 0 atom stereocenters. The minimum Gasteiger partial charge on any atom is -0.383 e. The molecule has 0 spiro atoms. The van der Waals surface area contributed by atoms with Gasteiger partial charge in [0.15, 0.2) is 0 Å². The SMILES string of the molecule is Nc1[nH]ncc1-c1nc(-c2cccc(Br)c2)cs1. The standard InChI is InChI=1S/C12H9BrN4S/c13-8-3-1-2-7(4-8)10-6-18-12(16-10)9-5-15-17-11(9)14/h1-6H,(H3,14,15,17). The molecule has 3 rings (SSSR count). The Balaban J connectivity index is 2.02. The molecule has 90 valence electrons. The molecule has 4 nitrogen and oxygen atoms in total. The van der Waals surface area contributed by atoms with Crippen LogP contribution in [0.5, 0.6) is 0 Å². The molecule has 2 heterocycles. The molecule has 0 aliphatic carbocycles. The first-order chi connectivity index (χ1) is 8.74. The van der Waals surface area contributed by atoms with Gasteiger partial charge in [0.1, 0.15) is 10.8 Å². The van der Waals surface area contributed by atoms with Gasteiger partial charge in [-0.05, 0) is 12.1 Å². The Morgan fingerprint density at radius 3 is 2.94 bits per heavy atom. The lowest BCUT2D eigenvalue weighted by Gasteiger charge is -1.97. The summed E-state index contributed by atoms with van der Waals surface area (Å²) >= 11 is 5.01. The molecule has 0 aliphatic rings. The van der Waals surface area contributed by atoms with Crippen molar-refractivity contribution in [1.82, 2.24) is 15.2 Å². The van der Waals surface area contributed by atoms with Crippen LogP contribution >= 0.6 is 27.3 Å². The Morgan fingerprint density at radius 2 is 2.22 bits per heavy atom. The Bertz CT molecular complexity index is 689. The first kappa shape index (κ1) is 11.4. The fourth-order valence-electron chi connectivity index (χ4n) is 1.64. The summed E-state index contributed by atoms with van der Waals surface area (Å²) < 4.78 is 1.04. The van der Waals surface area contributed by atoms with Crippen molar-refractivity contribution in [3.05, 3.63) is 40.3 Å². The van der Waals surface area contributed by atoms with Gasteiger partial charge in [0.25, 0.3) is 0 Å². The number of anilines is 1. The normalized spacial score (nSPS) is 10.7. The monoisotopic (exact) mass is 320 g/mol. The summed E-state index contributed by atoms with van der Waals surface area (Å²) in [7, 11) is 0. The summed E-state index contributed by atoms with van der Waals surface area (Å²) in [4.78, 5) is 4.58. The van der Waals surface area contributed by atoms with E-state index in [9.17, 15) is 0 Å². The number of nitrogens with two attached hydrogens (primary N) is 1. The number of rotatable bonds is 2. The molecule has 1 aromatic carbocycles. The molecule has 3 N–H and O–H groups in total. The zero-order valence-corrected chi connectivity index (χ0v) is 11.6. The second kappa shape index (κ2) is 4.55. The lowest BCUT2D eigenvalue weighted by Crippen LogP contribution is -1.87. The predicted molar refractivity (Wildman–Crippen MR) is 77.2 cm³/mol. The number of aromatic amines is 1. The van der Waals surface area contributed by atoms with Crippen LogP contribution < -0.4 is 5.73 Å². The zero-order chi connectivity index (χ0) is 12.5. The highest BCUT2D eigenvalue weighted by Crippen LogP contribution is 2.31. The molecular formula is C12H9BrN4S. The number of hydrogen-bond donors (Lipinski definition) is 2. The van der Waals surface area contributed by atoms with E-state index >= 15 is 0 Å². The van der Waals surface area contributed by atoms with E-state index in [0.717, 1.165) is 26.3 Å². The van der Waals surface area contributed by atoms with E-state index in [0.29, 0.717) is 5.82 Å². The number of halogens is 1. The number of thiazole rings is 1. The maximum atomic E-state index is 5.79. The summed E-state index contributed by atoms with van der Waals surface area (Å²) in [5.41, 5.74) is 8.65. The van der Waals surface area contributed by atoms with Crippen molar-refractivity contribution in [2.24, 2.45) is 0 Å². The fraction of sp³-hybridized carbons (Fsp3) is 0. The lowest BCUT2D eigenvalue weighted by atomic mass is 10.2. The number of benzene rings is 1. The number of aromatic nitrogens is 3. The van der Waals surface area contributed by atoms with Crippen LogP contribution in [0.4, 0.5) is 5.82 Å². The summed E-state index contributed by atoms with van der Waals surface area (Å²) in [6.45, 7) is 0. The van der Waals surface area contributed by atoms with Crippen molar-refractivity contribution in [1.29, 1.82) is 0 Å². The first-order valence-electron chi connectivity index (χ1n) is 5.25. The molecule has 0 unspecified atom stereocenters. The molecule has 0 bridgehead atoms. The van der Waals surface area contributed by atoms with Gasteiger partial charge in [-0.2, -0.15) is 5.10 Å². The molecule has 0 fully saturated rings. The van der Waals surface area contributed by atoms with Crippen LogP contribution in [0.1, 0.15) is 0 Å². The number of nitrogen functional groups attached to an aromatic ring is 1. The third-order valence-corrected chi connectivity index (χ3v) is 3.89. The topological polar surface area (TPSA) is 67.6 Å². The van der Waals surface area contributed by atoms with E-state index in [1.807, 2.05) is 29.6 Å². The molecule has 2 aromatic heterocycles. The second-order valence-corrected chi connectivity index (χ2v) is 5.52. The van der Waals surface area contributed by atoms with Crippen LogP contribution in [-0.2, 0) is 0 Å². The second-order valence-electron chi connectivity index (χ2n) is 3.75. The highest BCUT2D eigenvalue weighted by molar-refractivity contribution is 9.10. The highest BCUT2D eigenvalue weighted by Gasteiger charge is 2.10. The Hall–Kier alpha value is -1.66. The third-order valence-electron chi connectivity index (χ3n) is 2.52. The predicted octanol–water partition coefficient (Wildman–Crippen LogP) is 3.54. The first-order valence-corrected chi connectivity index (χ1v) is 6.92. The van der Waals surface area contributed by atoms with Gasteiger partial charge in [0.2, 0.25) is 0 Å². The smallest absolute Gasteiger partial charge is 0.129 e. The van der Waals surface area contributed by atoms with Crippen molar-refractivity contribution in [2.45, 2.75) is 0 Å². The molecule has 6 heteroatoms. The molecule has 18 heavy (non-hydrogen) atoms. The average Bonchev–Trinajstić information content (AvgIpc) is 2.97. The molecular weight excluding hydrogens is 312 g/mol. The van der Waals surface area contributed by atoms with Crippen molar-refractivity contribution in [3.63, 3.8) is 0 Å². The van der Waals surface area contributed by atoms with Gasteiger partial charge < -0.3 is 5.73 Å². The number of nitrogens with one attached hydrogen (secondary N) is 1. The van der Waals surface area contributed by atoms with Crippen LogP contribution in [-0.4, -0.2) is 15.2 Å². The molecule has 0 aliphatic heterocycles. The van der Waals surface area contributed by atoms with E-state index < -0.39 is 0 Å². The van der Waals surface area contributed by atoms with E-state index in [1.54, 1.807) is 17.5 Å². The van der Waals surface area contributed by atoms with Gasteiger partial charge in [-0.25, -0.2) is 4.98 Å². The average molecular weight is 321 g/mol. The maximum Gasteiger partial charge on any atom is 0.129 e. The van der Waals surface area contributed by atoms with E-state index in [2.05, 4.69) is 31.1 Å². The summed E-state index contributed by atoms with van der Waals surface area (Å²) in [5.74, 6) is 0.546. The fourth-order valence-corrected chi connectivity index (χ4v) is 2.90. The van der Waals surface area contributed by atoms with Crippen molar-refractivity contribution < 1.29 is 0 Å². The molecule has 0 radical (unpaired) electrons. The van der Waals surface area contributed by atoms with Gasteiger partial charge in [0.05, 0.1) is 17.5 Å². The van der Waals surface area contributed by atoms with Crippen LogP contribution in [0.25, 0.3) is 21.8 Å². The number of hydrogen-bond acceptors (Lipinski definition) is 4. The lowest BCUT2D eigenvalue weighted by molar-refractivity contribution is 1.10.